The van der Waals surface area contributed by atoms with Crippen molar-refractivity contribution in [2.75, 3.05) is 37.8 Å². The fraction of sp³-hybridized carbons (Fsp3) is 0.538. The zero-order valence-corrected chi connectivity index (χ0v) is 11.4. The third-order valence-electron chi connectivity index (χ3n) is 3.77. The van der Waals surface area contributed by atoms with E-state index in [0.29, 0.717) is 6.04 Å². The molecule has 1 aliphatic heterocycles. The highest BCUT2D eigenvalue weighted by Crippen LogP contribution is 2.29. The molecule has 1 aromatic carbocycles. The van der Waals surface area contributed by atoms with Crippen molar-refractivity contribution < 1.29 is 4.92 Å². The number of hydrogen-bond donors (Lipinski definition) is 1. The standard InChI is InChI=1S/C13H20N4O2/c1-15(2)10-5-7-16(8-6-10)11-3-4-12(14)13(9-11)17(18)19/h3-4,9-10H,5-8,14H2,1-2H3. The summed E-state index contributed by atoms with van der Waals surface area (Å²) in [5.74, 6) is 0. The van der Waals surface area contributed by atoms with E-state index in [1.807, 2.05) is 6.07 Å². The van der Waals surface area contributed by atoms with Crippen LogP contribution in [0, 0.1) is 10.1 Å². The minimum atomic E-state index is -0.425. The van der Waals surface area contributed by atoms with Gasteiger partial charge in [0.05, 0.1) is 4.92 Å². The van der Waals surface area contributed by atoms with E-state index in [-0.39, 0.29) is 11.4 Å². The molecule has 6 nitrogen and oxygen atoms in total. The van der Waals surface area contributed by atoms with Gasteiger partial charge in [0.15, 0.2) is 0 Å². The Kier molecular flexibility index (Phi) is 3.90. The van der Waals surface area contributed by atoms with Gasteiger partial charge < -0.3 is 15.5 Å². The summed E-state index contributed by atoms with van der Waals surface area (Å²) >= 11 is 0. The first-order valence-corrected chi connectivity index (χ1v) is 6.44. The molecule has 2 rings (SSSR count). The monoisotopic (exact) mass is 264 g/mol. The largest absolute Gasteiger partial charge is 0.393 e. The second-order valence-electron chi connectivity index (χ2n) is 5.18. The fourth-order valence-electron chi connectivity index (χ4n) is 2.53. The molecule has 19 heavy (non-hydrogen) atoms. The summed E-state index contributed by atoms with van der Waals surface area (Å²) in [6, 6.07) is 5.65. The van der Waals surface area contributed by atoms with Gasteiger partial charge in [0.1, 0.15) is 5.69 Å². The molecule has 0 aromatic heterocycles. The van der Waals surface area contributed by atoms with Crippen LogP contribution in [-0.4, -0.2) is 43.0 Å². The van der Waals surface area contributed by atoms with Crippen molar-refractivity contribution in [3.63, 3.8) is 0 Å². The summed E-state index contributed by atoms with van der Waals surface area (Å²) in [6.45, 7) is 1.84. The number of rotatable bonds is 3. The van der Waals surface area contributed by atoms with Crippen molar-refractivity contribution in [2.24, 2.45) is 0 Å². The first kappa shape index (κ1) is 13.6. The number of nitrogens with zero attached hydrogens (tertiary/aromatic N) is 3. The smallest absolute Gasteiger partial charge is 0.294 e. The molecule has 0 unspecified atom stereocenters. The normalized spacial score (nSPS) is 16.9. The number of piperidine rings is 1. The van der Waals surface area contributed by atoms with E-state index in [1.54, 1.807) is 12.1 Å². The lowest BCUT2D eigenvalue weighted by Gasteiger charge is -2.36. The number of nitrogen functional groups attached to an aromatic ring is 1. The highest BCUT2D eigenvalue weighted by molar-refractivity contribution is 5.66. The number of anilines is 2. The Bertz CT molecular complexity index is 468. The third kappa shape index (κ3) is 2.96. The minimum absolute atomic E-state index is 0.00719. The first-order valence-electron chi connectivity index (χ1n) is 6.44. The maximum absolute atomic E-state index is 10.9. The molecular weight excluding hydrogens is 244 g/mol. The van der Waals surface area contributed by atoms with E-state index in [2.05, 4.69) is 23.9 Å². The summed E-state index contributed by atoms with van der Waals surface area (Å²) in [6.07, 6.45) is 2.15. The van der Waals surface area contributed by atoms with Gasteiger partial charge in [0.2, 0.25) is 0 Å². The summed E-state index contributed by atoms with van der Waals surface area (Å²) in [7, 11) is 4.18. The number of nitro benzene ring substituents is 1. The molecular formula is C13H20N4O2. The van der Waals surface area contributed by atoms with Crippen molar-refractivity contribution >= 4 is 17.1 Å². The van der Waals surface area contributed by atoms with Gasteiger partial charge in [0, 0.05) is 30.9 Å². The number of nitro groups is 1. The Morgan fingerprint density at radius 1 is 1.37 bits per heavy atom. The summed E-state index contributed by atoms with van der Waals surface area (Å²) in [5.41, 5.74) is 6.71. The minimum Gasteiger partial charge on any atom is -0.393 e. The van der Waals surface area contributed by atoms with Gasteiger partial charge in [-0.3, -0.25) is 10.1 Å². The predicted molar refractivity (Wildman–Crippen MR) is 76.4 cm³/mol. The summed E-state index contributed by atoms with van der Waals surface area (Å²) in [5, 5.41) is 10.9. The molecule has 1 aromatic rings. The van der Waals surface area contributed by atoms with E-state index in [0.717, 1.165) is 31.6 Å². The van der Waals surface area contributed by atoms with Crippen molar-refractivity contribution in [3.8, 4) is 0 Å². The average molecular weight is 264 g/mol. The highest BCUT2D eigenvalue weighted by Gasteiger charge is 2.22. The zero-order valence-electron chi connectivity index (χ0n) is 11.4. The maximum atomic E-state index is 10.9. The second kappa shape index (κ2) is 5.44. The molecule has 0 bridgehead atoms. The molecule has 1 fully saturated rings. The molecule has 0 radical (unpaired) electrons. The topological polar surface area (TPSA) is 75.6 Å². The Hall–Kier alpha value is -1.82. The van der Waals surface area contributed by atoms with Crippen LogP contribution < -0.4 is 10.6 Å². The van der Waals surface area contributed by atoms with Crippen LogP contribution in [0.5, 0.6) is 0 Å². The van der Waals surface area contributed by atoms with Crippen molar-refractivity contribution in [1.29, 1.82) is 0 Å². The van der Waals surface area contributed by atoms with Gasteiger partial charge in [-0.25, -0.2) is 0 Å². The van der Waals surface area contributed by atoms with E-state index in [1.165, 1.54) is 0 Å². The van der Waals surface area contributed by atoms with Crippen molar-refractivity contribution in [3.05, 3.63) is 28.3 Å². The fourth-order valence-corrected chi connectivity index (χ4v) is 2.53. The number of benzene rings is 1. The molecule has 0 saturated carbocycles. The van der Waals surface area contributed by atoms with Crippen LogP contribution in [-0.2, 0) is 0 Å². The zero-order chi connectivity index (χ0) is 14.0. The van der Waals surface area contributed by atoms with E-state index in [9.17, 15) is 10.1 Å². The quantitative estimate of drug-likeness (QED) is 0.511. The Balaban J connectivity index is 2.12. The van der Waals surface area contributed by atoms with Crippen LogP contribution in [0.4, 0.5) is 17.1 Å². The molecule has 6 heteroatoms. The van der Waals surface area contributed by atoms with Crippen LogP contribution >= 0.6 is 0 Å². The molecule has 0 aliphatic carbocycles. The van der Waals surface area contributed by atoms with Crippen molar-refractivity contribution in [1.82, 2.24) is 4.90 Å². The molecule has 104 valence electrons. The van der Waals surface area contributed by atoms with E-state index in [4.69, 9.17) is 5.73 Å². The van der Waals surface area contributed by atoms with Crippen LogP contribution in [0.1, 0.15) is 12.8 Å². The van der Waals surface area contributed by atoms with Crippen LogP contribution in [0.25, 0.3) is 0 Å². The van der Waals surface area contributed by atoms with Gasteiger partial charge in [0.25, 0.3) is 5.69 Å². The second-order valence-corrected chi connectivity index (χ2v) is 5.18. The molecule has 1 aliphatic rings. The molecule has 0 atom stereocenters. The third-order valence-corrected chi connectivity index (χ3v) is 3.77. The average Bonchev–Trinajstić information content (AvgIpc) is 2.39. The summed E-state index contributed by atoms with van der Waals surface area (Å²) < 4.78 is 0. The molecule has 1 heterocycles. The molecule has 0 spiro atoms. The highest BCUT2D eigenvalue weighted by atomic mass is 16.6. The maximum Gasteiger partial charge on any atom is 0.294 e. The van der Waals surface area contributed by atoms with Gasteiger partial charge in [-0.1, -0.05) is 0 Å². The lowest BCUT2D eigenvalue weighted by atomic mass is 10.0. The lowest BCUT2D eigenvalue weighted by molar-refractivity contribution is -0.383. The Labute approximate surface area is 112 Å². The molecule has 2 N–H and O–H groups in total. The number of hydrogen-bond acceptors (Lipinski definition) is 5. The lowest BCUT2D eigenvalue weighted by Crippen LogP contribution is -2.42. The van der Waals surface area contributed by atoms with Crippen LogP contribution in [0.15, 0.2) is 18.2 Å². The molecule has 0 amide bonds. The Morgan fingerprint density at radius 3 is 2.53 bits per heavy atom. The van der Waals surface area contributed by atoms with Crippen LogP contribution in [0.2, 0.25) is 0 Å². The number of nitrogens with two attached hydrogens (primary N) is 1. The predicted octanol–water partition coefficient (Wildman–Crippen LogP) is 1.71. The van der Waals surface area contributed by atoms with Gasteiger partial charge in [-0.2, -0.15) is 0 Å². The van der Waals surface area contributed by atoms with E-state index >= 15 is 0 Å². The first-order chi connectivity index (χ1) is 8.99. The Morgan fingerprint density at radius 2 is 2.00 bits per heavy atom. The van der Waals surface area contributed by atoms with Crippen molar-refractivity contribution in [2.45, 2.75) is 18.9 Å². The SMILES string of the molecule is CN(C)C1CCN(c2ccc(N)c([N+](=O)[O-])c2)CC1. The van der Waals surface area contributed by atoms with Gasteiger partial charge in [-0.05, 0) is 39.1 Å². The van der Waals surface area contributed by atoms with Gasteiger partial charge in [-0.15, -0.1) is 0 Å². The molecule has 1 saturated heterocycles. The van der Waals surface area contributed by atoms with Crippen LogP contribution in [0.3, 0.4) is 0 Å². The summed E-state index contributed by atoms with van der Waals surface area (Å²) in [4.78, 5) is 14.9. The van der Waals surface area contributed by atoms with E-state index < -0.39 is 4.92 Å². The van der Waals surface area contributed by atoms with Gasteiger partial charge >= 0.3 is 0 Å².